The van der Waals surface area contributed by atoms with Crippen LogP contribution in [0.3, 0.4) is 0 Å². The number of amides is 1. The lowest BCUT2D eigenvalue weighted by Crippen LogP contribution is -2.14. The van der Waals surface area contributed by atoms with E-state index in [9.17, 15) is 22.4 Å². The Morgan fingerprint density at radius 1 is 1.05 bits per heavy atom. The van der Waals surface area contributed by atoms with E-state index in [0.29, 0.717) is 21.6 Å². The number of imidazole rings is 1. The number of benzene rings is 2. The van der Waals surface area contributed by atoms with Crippen LogP contribution in [0.5, 0.6) is 0 Å². The number of primary amides is 1. The first-order valence-electron chi connectivity index (χ1n) is 11.3. The summed E-state index contributed by atoms with van der Waals surface area (Å²) in [5.41, 5.74) is 8.50. The number of hydrogen-bond donors (Lipinski definition) is 1. The first kappa shape index (κ1) is 24.6. The summed E-state index contributed by atoms with van der Waals surface area (Å²) in [6.45, 7) is 1.70. The van der Waals surface area contributed by atoms with Crippen LogP contribution in [0.1, 0.15) is 39.2 Å². The average molecular weight is 525 g/mol. The highest BCUT2D eigenvalue weighted by molar-refractivity contribution is 7.16. The van der Waals surface area contributed by atoms with E-state index in [2.05, 4.69) is 9.97 Å². The number of pyridine rings is 1. The number of thiophene rings is 1. The molecule has 2 N–H and O–H groups in total. The molecule has 0 spiro atoms. The fourth-order valence-corrected chi connectivity index (χ4v) is 5.50. The number of carbonyl (C=O) groups is 1. The summed E-state index contributed by atoms with van der Waals surface area (Å²) in [5.74, 6) is -1.74. The van der Waals surface area contributed by atoms with Crippen molar-refractivity contribution < 1.29 is 22.4 Å². The highest BCUT2D eigenvalue weighted by Gasteiger charge is 2.34. The highest BCUT2D eigenvalue weighted by atomic mass is 32.1. The van der Waals surface area contributed by atoms with Crippen molar-refractivity contribution in [1.29, 1.82) is 0 Å². The number of halogens is 4. The van der Waals surface area contributed by atoms with Crippen molar-refractivity contribution >= 4 is 28.3 Å². The predicted octanol–water partition coefficient (Wildman–Crippen LogP) is 6.75. The zero-order valence-electron chi connectivity index (χ0n) is 19.5. The first-order chi connectivity index (χ1) is 17.6. The van der Waals surface area contributed by atoms with Crippen molar-refractivity contribution in [3.05, 3.63) is 101 Å². The number of hydrogen-bond acceptors (Lipinski definition) is 4. The third-order valence-corrected chi connectivity index (χ3v) is 7.38. The molecule has 1 atom stereocenters. The van der Waals surface area contributed by atoms with Crippen LogP contribution in [-0.4, -0.2) is 20.4 Å². The standard InChI is InChI=1S/C27H20F4N4OS/c1-15(19-4-2-3-5-20(19)27(29,30)31)10-18-13-24(37-25(18)26(32)36)35-14-34-21-11-16(6-7-22(21)35)17-8-9-33-23(28)12-17/h2-9,11-15H,10H2,1H3,(H2,32,36)/t15-/m0/s1. The van der Waals surface area contributed by atoms with Crippen LogP contribution in [0.2, 0.25) is 0 Å². The Balaban J connectivity index is 1.50. The minimum absolute atomic E-state index is 0.159. The molecule has 1 amide bonds. The molecule has 2 aromatic carbocycles. The minimum Gasteiger partial charge on any atom is -0.365 e. The number of nitrogens with two attached hydrogens (primary N) is 1. The molecule has 188 valence electrons. The third kappa shape index (κ3) is 4.84. The zero-order chi connectivity index (χ0) is 26.3. The minimum atomic E-state index is -4.48. The lowest BCUT2D eigenvalue weighted by atomic mass is 9.90. The van der Waals surface area contributed by atoms with Gasteiger partial charge in [0.1, 0.15) is 11.3 Å². The van der Waals surface area contributed by atoms with Gasteiger partial charge >= 0.3 is 6.18 Å². The van der Waals surface area contributed by atoms with Crippen LogP contribution in [0.15, 0.2) is 73.2 Å². The normalized spacial score (nSPS) is 12.7. The van der Waals surface area contributed by atoms with Gasteiger partial charge in [0.05, 0.1) is 21.5 Å². The van der Waals surface area contributed by atoms with Gasteiger partial charge < -0.3 is 5.73 Å². The summed E-state index contributed by atoms with van der Waals surface area (Å²) >= 11 is 1.16. The van der Waals surface area contributed by atoms with Gasteiger partial charge in [-0.1, -0.05) is 31.2 Å². The monoisotopic (exact) mass is 524 g/mol. The van der Waals surface area contributed by atoms with Crippen molar-refractivity contribution in [2.75, 3.05) is 0 Å². The number of fused-ring (bicyclic) bond motifs is 1. The van der Waals surface area contributed by atoms with Gasteiger partial charge in [0, 0.05) is 12.3 Å². The van der Waals surface area contributed by atoms with Crippen molar-refractivity contribution in [3.8, 4) is 16.1 Å². The maximum Gasteiger partial charge on any atom is 0.416 e. The second-order valence-corrected chi connectivity index (χ2v) is 9.71. The largest absolute Gasteiger partial charge is 0.416 e. The molecule has 3 heterocycles. The summed E-state index contributed by atoms with van der Waals surface area (Å²) in [5, 5.41) is 0.658. The lowest BCUT2D eigenvalue weighted by molar-refractivity contribution is -0.138. The van der Waals surface area contributed by atoms with Crippen LogP contribution in [0.4, 0.5) is 17.6 Å². The summed E-state index contributed by atoms with van der Waals surface area (Å²) < 4.78 is 56.0. The van der Waals surface area contributed by atoms with E-state index in [4.69, 9.17) is 5.73 Å². The fraction of sp³-hybridized carbons (Fsp3) is 0.148. The van der Waals surface area contributed by atoms with E-state index in [1.165, 1.54) is 24.4 Å². The van der Waals surface area contributed by atoms with E-state index < -0.39 is 29.5 Å². The summed E-state index contributed by atoms with van der Waals surface area (Å²) in [6.07, 6.45) is -1.29. The van der Waals surface area contributed by atoms with E-state index in [-0.39, 0.29) is 16.9 Å². The van der Waals surface area contributed by atoms with Gasteiger partial charge in [-0.3, -0.25) is 9.36 Å². The molecule has 3 aromatic heterocycles. The topological polar surface area (TPSA) is 73.8 Å². The van der Waals surface area contributed by atoms with Crippen LogP contribution < -0.4 is 5.73 Å². The number of nitrogens with zero attached hydrogens (tertiary/aromatic N) is 3. The van der Waals surface area contributed by atoms with Gasteiger partial charge in [-0.05, 0) is 64.9 Å². The second-order valence-electron chi connectivity index (χ2n) is 8.68. The van der Waals surface area contributed by atoms with E-state index in [1.807, 2.05) is 18.2 Å². The molecule has 0 unspecified atom stereocenters. The molecule has 5 aromatic rings. The quantitative estimate of drug-likeness (QED) is 0.197. The summed E-state index contributed by atoms with van der Waals surface area (Å²) in [4.78, 5) is 20.6. The fourth-order valence-electron chi connectivity index (χ4n) is 4.47. The van der Waals surface area contributed by atoms with Crippen LogP contribution in [0, 0.1) is 5.95 Å². The van der Waals surface area contributed by atoms with Gasteiger partial charge in [0.2, 0.25) is 5.95 Å². The molecule has 37 heavy (non-hydrogen) atoms. The first-order valence-corrected chi connectivity index (χ1v) is 12.1. The van der Waals surface area contributed by atoms with E-state index >= 15 is 0 Å². The molecule has 5 nitrogen and oxygen atoms in total. The predicted molar refractivity (Wildman–Crippen MR) is 134 cm³/mol. The van der Waals surface area contributed by atoms with Gasteiger partial charge in [-0.25, -0.2) is 9.97 Å². The third-order valence-electron chi connectivity index (χ3n) is 6.19. The molecule has 0 saturated heterocycles. The Morgan fingerprint density at radius 2 is 1.81 bits per heavy atom. The molecule has 0 radical (unpaired) electrons. The molecular weight excluding hydrogens is 504 g/mol. The zero-order valence-corrected chi connectivity index (χ0v) is 20.3. The van der Waals surface area contributed by atoms with Crippen LogP contribution >= 0.6 is 11.3 Å². The van der Waals surface area contributed by atoms with Crippen LogP contribution in [0.25, 0.3) is 27.2 Å². The Hall–Kier alpha value is -4.05. The van der Waals surface area contributed by atoms with Crippen LogP contribution in [-0.2, 0) is 12.6 Å². The molecule has 0 aliphatic carbocycles. The highest BCUT2D eigenvalue weighted by Crippen LogP contribution is 2.38. The number of rotatable bonds is 6. The van der Waals surface area contributed by atoms with Crippen molar-refractivity contribution in [3.63, 3.8) is 0 Å². The molecular formula is C27H20F4N4OS. The maximum absolute atomic E-state index is 13.6. The maximum atomic E-state index is 13.6. The van der Waals surface area contributed by atoms with E-state index in [1.54, 1.807) is 36.0 Å². The number of carbonyl (C=O) groups excluding carboxylic acids is 1. The Labute approximate surface area is 213 Å². The Morgan fingerprint density at radius 3 is 2.54 bits per heavy atom. The van der Waals surface area contributed by atoms with Crippen molar-refractivity contribution in [2.24, 2.45) is 5.73 Å². The summed E-state index contributed by atoms with van der Waals surface area (Å²) in [7, 11) is 0. The smallest absolute Gasteiger partial charge is 0.365 e. The van der Waals surface area contributed by atoms with Crippen molar-refractivity contribution in [1.82, 2.24) is 14.5 Å². The molecule has 0 bridgehead atoms. The van der Waals surface area contributed by atoms with Gasteiger partial charge in [0.15, 0.2) is 0 Å². The molecule has 0 aliphatic heterocycles. The Kier molecular flexibility index (Phi) is 6.28. The van der Waals surface area contributed by atoms with E-state index in [0.717, 1.165) is 28.5 Å². The molecule has 5 rings (SSSR count). The SMILES string of the molecule is C[C@@H](Cc1cc(-n2cnc3cc(-c4ccnc(F)c4)ccc32)sc1C(N)=O)c1ccccc1C(F)(F)F. The van der Waals surface area contributed by atoms with Gasteiger partial charge in [0.25, 0.3) is 5.91 Å². The lowest BCUT2D eigenvalue weighted by Gasteiger charge is -2.18. The van der Waals surface area contributed by atoms with Gasteiger partial charge in [-0.15, -0.1) is 11.3 Å². The Bertz CT molecular complexity index is 1620. The van der Waals surface area contributed by atoms with Crippen molar-refractivity contribution in [2.45, 2.75) is 25.4 Å². The average Bonchev–Trinajstić information content (AvgIpc) is 3.47. The van der Waals surface area contributed by atoms with Gasteiger partial charge in [-0.2, -0.15) is 17.6 Å². The summed E-state index contributed by atoms with van der Waals surface area (Å²) in [6, 6.07) is 15.7. The molecule has 0 aliphatic rings. The second kappa shape index (κ2) is 9.44. The molecule has 0 fully saturated rings. The number of alkyl halides is 3. The molecule has 10 heteroatoms. The number of aromatic nitrogens is 3. The molecule has 0 saturated carbocycles.